The van der Waals surface area contributed by atoms with E-state index in [1.807, 2.05) is 52.2 Å². The Kier molecular flexibility index (Phi) is 8.87. The Morgan fingerprint density at radius 2 is 1.03 bits per heavy atom. The fraction of sp³-hybridized carbons (Fsp3) is 0.417. The van der Waals surface area contributed by atoms with Crippen LogP contribution in [0.1, 0.15) is 34.6 Å². The minimum Gasteiger partial charge on any atom is -0.493 e. The summed E-state index contributed by atoms with van der Waals surface area (Å²) in [6, 6.07) is 7.08. The van der Waals surface area contributed by atoms with E-state index >= 15 is 0 Å². The average Bonchev–Trinajstić information content (AvgIpc) is 2.77. The minimum atomic E-state index is -2.64. The molecule has 2 rings (SSSR count). The summed E-state index contributed by atoms with van der Waals surface area (Å²) in [4.78, 5) is 23.9. The number of carbonyl (C=O) groups excluding carboxylic acids is 2. The highest BCUT2D eigenvalue weighted by Crippen LogP contribution is 2.31. The quantitative estimate of drug-likeness (QED) is 0.332. The first-order valence-corrected chi connectivity index (χ1v) is 16.7. The Hall–Kier alpha value is -2.63. The van der Waals surface area contributed by atoms with E-state index in [9.17, 15) is 9.59 Å². The summed E-state index contributed by atoms with van der Waals surface area (Å²) < 4.78 is 29.1. The molecule has 0 aromatic heterocycles. The molecule has 0 aliphatic carbocycles. The summed E-state index contributed by atoms with van der Waals surface area (Å²) in [6.45, 7) is 12.8. The second-order valence-corrected chi connectivity index (χ2v) is 16.3. The van der Waals surface area contributed by atoms with Crippen LogP contribution in [-0.2, 0) is 4.12 Å². The molecule has 0 radical (unpaired) electrons. The highest BCUT2D eigenvalue weighted by Gasteiger charge is 2.39. The maximum Gasteiger partial charge on any atom is 0.206 e. The number of ether oxygens (including phenoxy) is 4. The molecule has 0 unspecified atom stereocenters. The van der Waals surface area contributed by atoms with Gasteiger partial charge in [-0.2, -0.15) is 0 Å². The first-order chi connectivity index (χ1) is 15.6. The van der Waals surface area contributed by atoms with Gasteiger partial charge >= 0.3 is 0 Å². The molecule has 7 nitrogen and oxygen atoms in total. The van der Waals surface area contributed by atoms with Crippen LogP contribution in [0.25, 0.3) is 0 Å². The zero-order valence-electron chi connectivity index (χ0n) is 20.7. The monoisotopic (exact) mass is 490 g/mol. The third-order valence-corrected chi connectivity index (χ3v) is 12.9. The Labute approximate surface area is 198 Å². The highest BCUT2D eigenvalue weighted by atomic mass is 28.4. The Balaban J connectivity index is 2.57. The van der Waals surface area contributed by atoms with Gasteiger partial charge in [0.15, 0.2) is 23.0 Å². The lowest BCUT2D eigenvalue weighted by atomic mass is 10.2. The van der Waals surface area contributed by atoms with E-state index in [1.54, 1.807) is 26.4 Å². The third-order valence-electron chi connectivity index (χ3n) is 5.33. The van der Waals surface area contributed by atoms with E-state index in [0.29, 0.717) is 47.3 Å². The molecule has 0 saturated carbocycles. The van der Waals surface area contributed by atoms with Crippen molar-refractivity contribution in [1.29, 1.82) is 0 Å². The predicted molar refractivity (Wildman–Crippen MR) is 134 cm³/mol. The number of methoxy groups -OCH3 is 2. The van der Waals surface area contributed by atoms with Crippen LogP contribution >= 0.6 is 0 Å². The lowest BCUT2D eigenvalue weighted by molar-refractivity contribution is 0.111. The lowest BCUT2D eigenvalue weighted by Gasteiger charge is -2.36. The smallest absolute Gasteiger partial charge is 0.206 e. The van der Waals surface area contributed by atoms with Gasteiger partial charge in [0.2, 0.25) is 16.6 Å². The fourth-order valence-electron chi connectivity index (χ4n) is 3.99. The van der Waals surface area contributed by atoms with Crippen LogP contribution in [0.15, 0.2) is 24.3 Å². The molecule has 0 N–H and O–H groups in total. The van der Waals surface area contributed by atoms with E-state index in [1.165, 1.54) is 0 Å². The molecule has 0 saturated heterocycles. The second kappa shape index (κ2) is 11.0. The normalized spacial score (nSPS) is 11.6. The van der Waals surface area contributed by atoms with E-state index in [2.05, 4.69) is 0 Å². The number of benzene rings is 2. The molecular weight excluding hydrogens is 456 g/mol. The van der Waals surface area contributed by atoms with E-state index in [4.69, 9.17) is 23.1 Å². The van der Waals surface area contributed by atoms with Crippen molar-refractivity contribution >= 4 is 39.6 Å². The van der Waals surface area contributed by atoms with Gasteiger partial charge in [-0.25, -0.2) is 0 Å². The van der Waals surface area contributed by atoms with Crippen LogP contribution in [0.2, 0.25) is 26.2 Å². The predicted octanol–water partition coefficient (Wildman–Crippen LogP) is 3.67. The first-order valence-electron chi connectivity index (χ1n) is 10.9. The molecule has 33 heavy (non-hydrogen) atoms. The van der Waals surface area contributed by atoms with Crippen LogP contribution in [0, 0.1) is 0 Å². The van der Waals surface area contributed by atoms with Gasteiger partial charge in [0.1, 0.15) is 12.6 Å². The van der Waals surface area contributed by atoms with Gasteiger partial charge < -0.3 is 23.1 Å². The maximum atomic E-state index is 12.0. The fourth-order valence-corrected chi connectivity index (χ4v) is 12.6. The summed E-state index contributed by atoms with van der Waals surface area (Å²) in [5, 5.41) is 1.62. The van der Waals surface area contributed by atoms with Crippen LogP contribution in [0.4, 0.5) is 0 Å². The molecule has 0 fully saturated rings. The average molecular weight is 491 g/mol. The molecule has 180 valence electrons. The van der Waals surface area contributed by atoms with Crippen LogP contribution in [0.5, 0.6) is 23.0 Å². The molecule has 0 atom stereocenters. The lowest BCUT2D eigenvalue weighted by Crippen LogP contribution is -2.59. The number of aldehydes is 2. The zero-order valence-corrected chi connectivity index (χ0v) is 22.7. The molecule has 2 aromatic carbocycles. The Bertz CT molecular complexity index is 923. The first kappa shape index (κ1) is 26.6. The largest absolute Gasteiger partial charge is 0.493 e. The summed E-state index contributed by atoms with van der Waals surface area (Å²) in [7, 11) is -2.15. The summed E-state index contributed by atoms with van der Waals surface area (Å²) >= 11 is 0. The molecule has 0 aliphatic heterocycles. The van der Waals surface area contributed by atoms with Crippen molar-refractivity contribution in [2.45, 2.75) is 40.0 Å². The third kappa shape index (κ3) is 5.84. The number of hydrogen-bond acceptors (Lipinski definition) is 7. The molecule has 0 amide bonds. The molecule has 0 spiro atoms. The number of carbonyl (C=O) groups is 2. The van der Waals surface area contributed by atoms with E-state index in [-0.39, 0.29) is 0 Å². The Morgan fingerprint density at radius 1 is 0.667 bits per heavy atom. The van der Waals surface area contributed by atoms with Gasteiger partial charge in [0, 0.05) is 11.1 Å². The molecule has 0 bridgehead atoms. The van der Waals surface area contributed by atoms with Crippen molar-refractivity contribution in [1.82, 2.24) is 0 Å². The van der Waals surface area contributed by atoms with E-state index in [0.717, 1.165) is 22.9 Å². The van der Waals surface area contributed by atoms with Gasteiger partial charge in [-0.1, -0.05) is 0 Å². The molecular formula is C24H34O7Si2. The van der Waals surface area contributed by atoms with Gasteiger partial charge in [0.05, 0.1) is 27.4 Å². The molecule has 0 aliphatic rings. The highest BCUT2D eigenvalue weighted by molar-refractivity contribution is 6.97. The van der Waals surface area contributed by atoms with Gasteiger partial charge in [-0.3, -0.25) is 9.59 Å². The van der Waals surface area contributed by atoms with Crippen LogP contribution < -0.4 is 29.3 Å². The van der Waals surface area contributed by atoms with Crippen molar-refractivity contribution in [2.75, 3.05) is 27.4 Å². The zero-order chi connectivity index (χ0) is 24.8. The van der Waals surface area contributed by atoms with Gasteiger partial charge in [0.25, 0.3) is 0 Å². The van der Waals surface area contributed by atoms with Crippen molar-refractivity contribution in [3.8, 4) is 23.0 Å². The van der Waals surface area contributed by atoms with E-state index < -0.39 is 16.6 Å². The summed E-state index contributed by atoms with van der Waals surface area (Å²) in [5.41, 5.74) is 1.03. The summed E-state index contributed by atoms with van der Waals surface area (Å²) in [6.07, 6.45) is 1.64. The standard InChI is InChI=1S/C24H34O7Si2/c1-9-29-21-11-17(15-25)23(13-19(21)27-3)32(5,6)31-33(7,8)24-14-20(28-4)22(30-10-2)12-18(24)16-26/h11-16H,9-10H2,1-8H3. The van der Waals surface area contributed by atoms with Crippen molar-refractivity contribution in [3.63, 3.8) is 0 Å². The SMILES string of the molecule is CCOc1cc(C=O)c([Si](C)(C)O[Si](C)(C)c2cc(OC)c(OCC)cc2C=O)cc1OC. The summed E-state index contributed by atoms with van der Waals surface area (Å²) in [5.74, 6) is 2.15. The van der Waals surface area contributed by atoms with Crippen molar-refractivity contribution < 1.29 is 32.7 Å². The van der Waals surface area contributed by atoms with Gasteiger partial charge in [-0.15, -0.1) is 0 Å². The van der Waals surface area contributed by atoms with Crippen LogP contribution in [-0.4, -0.2) is 56.6 Å². The second-order valence-electron chi connectivity index (χ2n) is 8.41. The van der Waals surface area contributed by atoms with Crippen molar-refractivity contribution in [2.24, 2.45) is 0 Å². The number of rotatable bonds is 12. The van der Waals surface area contributed by atoms with Crippen LogP contribution in [0.3, 0.4) is 0 Å². The Morgan fingerprint density at radius 3 is 1.30 bits per heavy atom. The maximum absolute atomic E-state index is 12.0. The number of hydrogen-bond donors (Lipinski definition) is 0. The topological polar surface area (TPSA) is 80.3 Å². The molecule has 2 aromatic rings. The molecule has 0 heterocycles. The molecule has 9 heteroatoms. The van der Waals surface area contributed by atoms with Crippen molar-refractivity contribution in [3.05, 3.63) is 35.4 Å². The van der Waals surface area contributed by atoms with Gasteiger partial charge in [-0.05, 0) is 74.7 Å². The minimum absolute atomic E-state index is 0.458.